The molecule has 1 aromatic carbocycles. The number of alkyl halides is 3. The lowest BCUT2D eigenvalue weighted by Gasteiger charge is -2.17. The molecule has 0 amide bonds. The topological polar surface area (TPSA) is 21.3 Å². The number of methoxy groups -OCH3 is 1. The molecule has 102 valence electrons. The molecule has 1 aromatic rings. The highest BCUT2D eigenvalue weighted by Gasteiger charge is 2.31. The zero-order valence-corrected chi connectivity index (χ0v) is 10.1. The van der Waals surface area contributed by atoms with Gasteiger partial charge in [0, 0.05) is 19.8 Å². The number of nitrogens with one attached hydrogen (secondary N) is 1. The van der Waals surface area contributed by atoms with E-state index in [4.69, 9.17) is 4.74 Å². The Kier molecular flexibility index (Phi) is 4.95. The summed E-state index contributed by atoms with van der Waals surface area (Å²) in [5, 5.41) is 2.70. The van der Waals surface area contributed by atoms with E-state index in [-0.39, 0.29) is 11.7 Å². The Balaban J connectivity index is 2.81. The van der Waals surface area contributed by atoms with Gasteiger partial charge in [-0.2, -0.15) is 13.2 Å². The Morgan fingerprint density at radius 3 is 2.56 bits per heavy atom. The summed E-state index contributed by atoms with van der Waals surface area (Å²) >= 11 is 0. The normalized spacial score (nSPS) is 13.4. The second-order valence-corrected chi connectivity index (χ2v) is 4.02. The average molecular weight is 265 g/mol. The quantitative estimate of drug-likeness (QED) is 0.820. The van der Waals surface area contributed by atoms with Crippen LogP contribution in [0.5, 0.6) is 0 Å². The van der Waals surface area contributed by atoms with Crippen molar-refractivity contribution in [2.45, 2.75) is 25.6 Å². The average Bonchev–Trinajstić information content (AvgIpc) is 2.28. The molecule has 0 aromatic heterocycles. The molecular weight excluding hydrogens is 250 g/mol. The predicted octanol–water partition coefficient (Wildman–Crippen LogP) is 3.68. The van der Waals surface area contributed by atoms with E-state index >= 15 is 0 Å². The van der Waals surface area contributed by atoms with Crippen LogP contribution in [0.4, 0.5) is 23.2 Å². The molecule has 1 rings (SSSR count). The predicted molar refractivity (Wildman–Crippen MR) is 61.0 cm³/mol. The molecule has 0 radical (unpaired) electrons. The highest BCUT2D eigenvalue weighted by molar-refractivity contribution is 5.48. The number of benzene rings is 1. The van der Waals surface area contributed by atoms with E-state index in [1.54, 1.807) is 6.92 Å². The maximum Gasteiger partial charge on any atom is 0.416 e. The Hall–Kier alpha value is -1.30. The van der Waals surface area contributed by atoms with E-state index in [1.807, 2.05) is 0 Å². The van der Waals surface area contributed by atoms with E-state index < -0.39 is 17.6 Å². The smallest absolute Gasteiger partial charge is 0.385 e. The maximum atomic E-state index is 13.4. The Labute approximate surface area is 103 Å². The van der Waals surface area contributed by atoms with Gasteiger partial charge in [-0.05, 0) is 31.5 Å². The summed E-state index contributed by atoms with van der Waals surface area (Å²) in [5.41, 5.74) is -1.02. The van der Waals surface area contributed by atoms with Gasteiger partial charge in [0.2, 0.25) is 0 Å². The second-order valence-electron chi connectivity index (χ2n) is 4.02. The fraction of sp³-hybridized carbons (Fsp3) is 0.500. The number of ether oxygens (including phenoxy) is 1. The summed E-state index contributed by atoms with van der Waals surface area (Å²) in [6.07, 6.45) is -3.90. The zero-order chi connectivity index (χ0) is 13.8. The highest BCUT2D eigenvalue weighted by atomic mass is 19.4. The van der Waals surface area contributed by atoms with Crippen molar-refractivity contribution in [3.63, 3.8) is 0 Å². The number of halogens is 4. The van der Waals surface area contributed by atoms with E-state index in [0.29, 0.717) is 13.0 Å². The Morgan fingerprint density at radius 1 is 1.33 bits per heavy atom. The zero-order valence-electron chi connectivity index (χ0n) is 10.1. The van der Waals surface area contributed by atoms with Gasteiger partial charge in [0.1, 0.15) is 5.82 Å². The van der Waals surface area contributed by atoms with Crippen molar-refractivity contribution in [1.29, 1.82) is 0 Å². The third-order valence-electron chi connectivity index (χ3n) is 2.45. The SMILES string of the molecule is COCCC(C)Nc1cc(C(F)(F)F)ccc1F. The van der Waals surface area contributed by atoms with Crippen LogP contribution in [0.25, 0.3) is 0 Å². The first-order chi connectivity index (χ1) is 8.34. The van der Waals surface area contributed by atoms with E-state index in [1.165, 1.54) is 7.11 Å². The van der Waals surface area contributed by atoms with Gasteiger partial charge in [-0.3, -0.25) is 0 Å². The van der Waals surface area contributed by atoms with Gasteiger partial charge < -0.3 is 10.1 Å². The highest BCUT2D eigenvalue weighted by Crippen LogP contribution is 2.32. The molecule has 0 aliphatic rings. The number of anilines is 1. The van der Waals surface area contributed by atoms with Gasteiger partial charge in [-0.25, -0.2) is 4.39 Å². The summed E-state index contributed by atoms with van der Waals surface area (Å²) in [4.78, 5) is 0. The molecule has 0 heterocycles. The van der Waals surface area contributed by atoms with Crippen LogP contribution >= 0.6 is 0 Å². The third-order valence-corrected chi connectivity index (χ3v) is 2.45. The summed E-state index contributed by atoms with van der Waals surface area (Å²) in [6, 6.07) is 2.13. The molecule has 2 nitrogen and oxygen atoms in total. The standard InChI is InChI=1S/C12H15F4NO/c1-8(5-6-18-2)17-11-7-9(12(14,15)16)3-4-10(11)13/h3-4,7-8,17H,5-6H2,1-2H3. The lowest BCUT2D eigenvalue weighted by atomic mass is 10.1. The van der Waals surface area contributed by atoms with Crippen molar-refractivity contribution in [3.8, 4) is 0 Å². The summed E-state index contributed by atoms with van der Waals surface area (Å²) in [5.74, 6) is -0.702. The van der Waals surface area contributed by atoms with Crippen molar-refractivity contribution >= 4 is 5.69 Å². The molecule has 0 saturated carbocycles. The first-order valence-corrected chi connectivity index (χ1v) is 5.47. The van der Waals surface area contributed by atoms with Gasteiger partial charge >= 0.3 is 6.18 Å². The molecule has 1 N–H and O–H groups in total. The Bertz CT molecular complexity index is 392. The largest absolute Gasteiger partial charge is 0.416 e. The molecule has 6 heteroatoms. The second kappa shape index (κ2) is 6.04. The van der Waals surface area contributed by atoms with Crippen molar-refractivity contribution < 1.29 is 22.3 Å². The molecular formula is C12H15F4NO. The summed E-state index contributed by atoms with van der Waals surface area (Å²) < 4.78 is 55.6. The van der Waals surface area contributed by atoms with Gasteiger partial charge in [-0.15, -0.1) is 0 Å². The summed E-state index contributed by atoms with van der Waals surface area (Å²) in [6.45, 7) is 2.20. The molecule has 0 fully saturated rings. The van der Waals surface area contributed by atoms with Crippen LogP contribution in [0.3, 0.4) is 0 Å². The van der Waals surface area contributed by atoms with Crippen LogP contribution in [-0.2, 0) is 10.9 Å². The fourth-order valence-corrected chi connectivity index (χ4v) is 1.44. The van der Waals surface area contributed by atoms with Gasteiger partial charge in [-0.1, -0.05) is 0 Å². The van der Waals surface area contributed by atoms with Crippen LogP contribution in [0.1, 0.15) is 18.9 Å². The molecule has 0 bridgehead atoms. The van der Waals surface area contributed by atoms with Gasteiger partial charge in [0.05, 0.1) is 11.3 Å². The van der Waals surface area contributed by atoms with Crippen molar-refractivity contribution in [2.24, 2.45) is 0 Å². The molecule has 18 heavy (non-hydrogen) atoms. The van der Waals surface area contributed by atoms with E-state index in [2.05, 4.69) is 5.32 Å². The van der Waals surface area contributed by atoms with Crippen molar-refractivity contribution in [1.82, 2.24) is 0 Å². The Morgan fingerprint density at radius 2 is 2.00 bits per heavy atom. The minimum Gasteiger partial charge on any atom is -0.385 e. The molecule has 0 aliphatic heterocycles. The molecule has 1 unspecified atom stereocenters. The van der Waals surface area contributed by atoms with Crippen LogP contribution in [-0.4, -0.2) is 19.8 Å². The van der Waals surface area contributed by atoms with Crippen LogP contribution in [0.15, 0.2) is 18.2 Å². The van der Waals surface area contributed by atoms with Crippen LogP contribution < -0.4 is 5.32 Å². The van der Waals surface area contributed by atoms with E-state index in [0.717, 1.165) is 18.2 Å². The van der Waals surface area contributed by atoms with Gasteiger partial charge in [0.25, 0.3) is 0 Å². The first-order valence-electron chi connectivity index (χ1n) is 5.47. The van der Waals surface area contributed by atoms with E-state index in [9.17, 15) is 17.6 Å². The van der Waals surface area contributed by atoms with Gasteiger partial charge in [0.15, 0.2) is 0 Å². The monoisotopic (exact) mass is 265 g/mol. The maximum absolute atomic E-state index is 13.4. The minimum atomic E-state index is -4.47. The fourth-order valence-electron chi connectivity index (χ4n) is 1.44. The van der Waals surface area contributed by atoms with Crippen LogP contribution in [0, 0.1) is 5.82 Å². The number of hydrogen-bond donors (Lipinski definition) is 1. The number of hydrogen-bond acceptors (Lipinski definition) is 2. The third kappa shape index (κ3) is 4.18. The van der Waals surface area contributed by atoms with Crippen molar-refractivity contribution in [2.75, 3.05) is 19.0 Å². The minimum absolute atomic E-state index is 0.145. The summed E-state index contributed by atoms with van der Waals surface area (Å²) in [7, 11) is 1.53. The van der Waals surface area contributed by atoms with Crippen molar-refractivity contribution in [3.05, 3.63) is 29.6 Å². The lowest BCUT2D eigenvalue weighted by molar-refractivity contribution is -0.137. The molecule has 1 atom stereocenters. The lowest BCUT2D eigenvalue weighted by Crippen LogP contribution is -2.18. The number of rotatable bonds is 5. The molecule has 0 spiro atoms. The van der Waals surface area contributed by atoms with Crippen LogP contribution in [0.2, 0.25) is 0 Å². The molecule has 0 aliphatic carbocycles. The first kappa shape index (κ1) is 14.8. The molecule has 0 saturated heterocycles.